The molecule has 1 N–H and O–H groups in total. The number of carboxylic acids is 1. The summed E-state index contributed by atoms with van der Waals surface area (Å²) in [6.07, 6.45) is 4.92. The summed E-state index contributed by atoms with van der Waals surface area (Å²) in [6.45, 7) is 6.20. The molecule has 1 fully saturated rings. The zero-order valence-corrected chi connectivity index (χ0v) is 8.89. The Balaban J connectivity index is 2.99. The maximum Gasteiger partial charge on any atom is 0.310 e. The molecule has 1 aliphatic carbocycles. The van der Waals surface area contributed by atoms with Gasteiger partial charge in [-0.05, 0) is 24.7 Å². The Labute approximate surface area is 80.3 Å². The Bertz CT molecular complexity index is 208. The van der Waals surface area contributed by atoms with Gasteiger partial charge in [-0.1, -0.05) is 33.6 Å². The zero-order chi connectivity index (χ0) is 10.1. The van der Waals surface area contributed by atoms with Gasteiger partial charge in [-0.25, -0.2) is 0 Å². The lowest BCUT2D eigenvalue weighted by Gasteiger charge is -2.46. The molecule has 0 amide bonds. The standard InChI is InChI=1S/C11H20O2/c1-4-11(9(12)13)8-6-5-7-10(11,2)3/h4-8H2,1-3H3,(H,12,13). The third kappa shape index (κ3) is 1.47. The van der Waals surface area contributed by atoms with Gasteiger partial charge in [-0.15, -0.1) is 0 Å². The Morgan fingerprint density at radius 2 is 1.85 bits per heavy atom. The molecule has 76 valence electrons. The minimum Gasteiger partial charge on any atom is -0.481 e. The van der Waals surface area contributed by atoms with Gasteiger partial charge in [-0.3, -0.25) is 4.79 Å². The van der Waals surface area contributed by atoms with E-state index in [1.165, 1.54) is 6.42 Å². The maximum atomic E-state index is 11.3. The van der Waals surface area contributed by atoms with Crippen molar-refractivity contribution in [1.29, 1.82) is 0 Å². The van der Waals surface area contributed by atoms with Gasteiger partial charge in [0.05, 0.1) is 5.41 Å². The largest absolute Gasteiger partial charge is 0.481 e. The van der Waals surface area contributed by atoms with Crippen molar-refractivity contribution in [1.82, 2.24) is 0 Å². The van der Waals surface area contributed by atoms with Crippen molar-refractivity contribution in [3.63, 3.8) is 0 Å². The lowest BCUT2D eigenvalue weighted by atomic mass is 9.56. The summed E-state index contributed by atoms with van der Waals surface area (Å²) in [5.41, 5.74) is -0.503. The predicted molar refractivity (Wildman–Crippen MR) is 52.6 cm³/mol. The Hall–Kier alpha value is -0.530. The van der Waals surface area contributed by atoms with E-state index in [4.69, 9.17) is 0 Å². The highest BCUT2D eigenvalue weighted by Crippen LogP contribution is 2.52. The first-order valence-corrected chi connectivity index (χ1v) is 5.20. The molecular formula is C11H20O2. The van der Waals surface area contributed by atoms with Crippen LogP contribution >= 0.6 is 0 Å². The second-order valence-electron chi connectivity index (χ2n) is 4.83. The highest BCUT2D eigenvalue weighted by Gasteiger charge is 2.50. The van der Waals surface area contributed by atoms with Crippen LogP contribution in [0.15, 0.2) is 0 Å². The second-order valence-corrected chi connectivity index (χ2v) is 4.83. The van der Waals surface area contributed by atoms with Crippen LogP contribution in [0.3, 0.4) is 0 Å². The summed E-state index contributed by atoms with van der Waals surface area (Å²) in [7, 11) is 0. The van der Waals surface area contributed by atoms with Crippen LogP contribution in [0.4, 0.5) is 0 Å². The molecule has 2 heteroatoms. The number of hydrogen-bond acceptors (Lipinski definition) is 1. The average Bonchev–Trinajstić information content (AvgIpc) is 2.03. The van der Waals surface area contributed by atoms with Crippen LogP contribution in [0, 0.1) is 10.8 Å². The summed E-state index contributed by atoms with van der Waals surface area (Å²) >= 11 is 0. The third-order valence-corrected chi connectivity index (χ3v) is 3.96. The fourth-order valence-electron chi connectivity index (χ4n) is 2.77. The molecule has 0 bridgehead atoms. The van der Waals surface area contributed by atoms with Gasteiger partial charge in [0, 0.05) is 0 Å². The van der Waals surface area contributed by atoms with E-state index in [1.54, 1.807) is 0 Å². The molecular weight excluding hydrogens is 164 g/mol. The molecule has 0 heterocycles. The fourth-order valence-corrected chi connectivity index (χ4v) is 2.77. The first-order valence-electron chi connectivity index (χ1n) is 5.20. The van der Waals surface area contributed by atoms with Crippen molar-refractivity contribution >= 4 is 5.97 Å². The molecule has 1 aliphatic rings. The molecule has 1 atom stereocenters. The van der Waals surface area contributed by atoms with Gasteiger partial charge in [0.1, 0.15) is 0 Å². The van der Waals surface area contributed by atoms with E-state index in [2.05, 4.69) is 13.8 Å². The molecule has 0 aromatic rings. The van der Waals surface area contributed by atoms with E-state index in [1.807, 2.05) is 6.92 Å². The van der Waals surface area contributed by atoms with Gasteiger partial charge in [0.15, 0.2) is 0 Å². The summed E-state index contributed by atoms with van der Waals surface area (Å²) in [5.74, 6) is -0.598. The number of carbonyl (C=O) groups is 1. The number of aliphatic carboxylic acids is 1. The Morgan fingerprint density at radius 3 is 2.15 bits per heavy atom. The minimum atomic E-state index is -0.598. The Morgan fingerprint density at radius 1 is 1.31 bits per heavy atom. The van der Waals surface area contributed by atoms with Crippen LogP contribution in [-0.4, -0.2) is 11.1 Å². The SMILES string of the molecule is CCC1(C(=O)O)CCCCC1(C)C. The van der Waals surface area contributed by atoms with E-state index in [0.717, 1.165) is 25.7 Å². The first-order chi connectivity index (χ1) is 5.96. The summed E-state index contributed by atoms with van der Waals surface area (Å²) in [5, 5.41) is 9.32. The third-order valence-electron chi connectivity index (χ3n) is 3.96. The summed E-state index contributed by atoms with van der Waals surface area (Å²) in [6, 6.07) is 0. The molecule has 0 aromatic heterocycles. The number of hydrogen-bond donors (Lipinski definition) is 1. The van der Waals surface area contributed by atoms with E-state index in [0.29, 0.717) is 0 Å². The smallest absolute Gasteiger partial charge is 0.310 e. The molecule has 13 heavy (non-hydrogen) atoms. The van der Waals surface area contributed by atoms with Crippen LogP contribution in [0.25, 0.3) is 0 Å². The predicted octanol–water partition coefficient (Wildman–Crippen LogP) is 3.07. The average molecular weight is 184 g/mol. The highest BCUT2D eigenvalue weighted by molar-refractivity contribution is 5.75. The lowest BCUT2D eigenvalue weighted by Crippen LogP contribution is -2.46. The van der Waals surface area contributed by atoms with Crippen LogP contribution in [0.2, 0.25) is 0 Å². The van der Waals surface area contributed by atoms with E-state index < -0.39 is 11.4 Å². The molecule has 1 unspecified atom stereocenters. The molecule has 1 saturated carbocycles. The van der Waals surface area contributed by atoms with E-state index in [9.17, 15) is 9.90 Å². The first kappa shape index (κ1) is 10.6. The van der Waals surface area contributed by atoms with Gasteiger partial charge in [0.25, 0.3) is 0 Å². The Kier molecular flexibility index (Phi) is 2.69. The van der Waals surface area contributed by atoms with Crippen molar-refractivity contribution in [2.45, 2.75) is 52.9 Å². The summed E-state index contributed by atoms with van der Waals surface area (Å²) in [4.78, 5) is 11.3. The molecule has 0 aromatic carbocycles. The van der Waals surface area contributed by atoms with E-state index >= 15 is 0 Å². The quantitative estimate of drug-likeness (QED) is 0.716. The number of carboxylic acid groups (broad SMARTS) is 1. The van der Waals surface area contributed by atoms with Crippen molar-refractivity contribution in [2.75, 3.05) is 0 Å². The van der Waals surface area contributed by atoms with Crippen molar-refractivity contribution < 1.29 is 9.90 Å². The zero-order valence-electron chi connectivity index (χ0n) is 8.89. The van der Waals surface area contributed by atoms with E-state index in [-0.39, 0.29) is 5.41 Å². The molecule has 0 saturated heterocycles. The van der Waals surface area contributed by atoms with Crippen LogP contribution < -0.4 is 0 Å². The lowest BCUT2D eigenvalue weighted by molar-refractivity contribution is -0.161. The molecule has 1 rings (SSSR count). The van der Waals surface area contributed by atoms with Gasteiger partial charge in [0.2, 0.25) is 0 Å². The van der Waals surface area contributed by atoms with Crippen LogP contribution in [0.1, 0.15) is 52.9 Å². The molecule has 0 aliphatic heterocycles. The van der Waals surface area contributed by atoms with Gasteiger partial charge >= 0.3 is 5.97 Å². The van der Waals surface area contributed by atoms with Crippen molar-refractivity contribution in [2.24, 2.45) is 10.8 Å². The highest BCUT2D eigenvalue weighted by atomic mass is 16.4. The fraction of sp³-hybridized carbons (Fsp3) is 0.909. The molecule has 0 radical (unpaired) electrons. The van der Waals surface area contributed by atoms with Crippen molar-refractivity contribution in [3.05, 3.63) is 0 Å². The summed E-state index contributed by atoms with van der Waals surface area (Å²) < 4.78 is 0. The van der Waals surface area contributed by atoms with Gasteiger partial charge in [-0.2, -0.15) is 0 Å². The van der Waals surface area contributed by atoms with Gasteiger partial charge < -0.3 is 5.11 Å². The van der Waals surface area contributed by atoms with Crippen molar-refractivity contribution in [3.8, 4) is 0 Å². The minimum absolute atomic E-state index is 0.0359. The second kappa shape index (κ2) is 3.32. The topological polar surface area (TPSA) is 37.3 Å². The number of rotatable bonds is 2. The maximum absolute atomic E-state index is 11.3. The van der Waals surface area contributed by atoms with Crippen LogP contribution in [0.5, 0.6) is 0 Å². The molecule has 0 spiro atoms. The monoisotopic (exact) mass is 184 g/mol. The molecule has 2 nitrogen and oxygen atoms in total. The van der Waals surface area contributed by atoms with Crippen LogP contribution in [-0.2, 0) is 4.79 Å². The normalized spacial score (nSPS) is 32.8.